The third kappa shape index (κ3) is 5.44. The lowest BCUT2D eigenvalue weighted by molar-refractivity contribution is -0.0268. The first-order chi connectivity index (χ1) is 17.2. The number of aromatic nitrogens is 4. The average Bonchev–Trinajstić information content (AvgIpc) is 3.21. The van der Waals surface area contributed by atoms with Gasteiger partial charge in [0.05, 0.1) is 30.9 Å². The number of fused-ring (bicyclic) bond motifs is 1. The van der Waals surface area contributed by atoms with Crippen molar-refractivity contribution in [1.82, 2.24) is 24.8 Å². The standard InChI is InChI=1S/C26H28FN5O4/c1-15-4-5-18(10-17(8-15)23-30-25(36-31-23)19-11-20(19)27)29-24(33)21-12-28-22-9-16(6-7-32(21)22)13-35-14-26(2,3)34/h4-10,12,15,19-20,34H,11,13-14H2,1-3H3,(H,29,33). The number of pyridine rings is 1. The molecule has 3 atom stereocenters. The fourth-order valence-corrected chi connectivity index (χ4v) is 3.89. The van der Waals surface area contributed by atoms with Gasteiger partial charge in [0.1, 0.15) is 17.5 Å². The van der Waals surface area contributed by atoms with Crippen molar-refractivity contribution in [3.63, 3.8) is 0 Å². The molecule has 188 valence electrons. The van der Waals surface area contributed by atoms with Crippen LogP contribution in [0.3, 0.4) is 0 Å². The van der Waals surface area contributed by atoms with Crippen LogP contribution < -0.4 is 5.32 Å². The van der Waals surface area contributed by atoms with Gasteiger partial charge in [-0.05, 0) is 56.0 Å². The molecular weight excluding hydrogens is 465 g/mol. The zero-order chi connectivity index (χ0) is 25.4. The molecule has 36 heavy (non-hydrogen) atoms. The molecule has 3 aromatic heterocycles. The van der Waals surface area contributed by atoms with Crippen LogP contribution in [0.1, 0.15) is 60.9 Å². The van der Waals surface area contributed by atoms with E-state index in [1.807, 2.05) is 37.3 Å². The molecular formula is C26H28FN5O4. The number of amides is 1. The van der Waals surface area contributed by atoms with E-state index in [1.54, 1.807) is 30.5 Å². The first-order valence-electron chi connectivity index (χ1n) is 11.8. The van der Waals surface area contributed by atoms with Gasteiger partial charge in [-0.15, -0.1) is 0 Å². The monoisotopic (exact) mass is 493 g/mol. The third-order valence-electron chi connectivity index (χ3n) is 5.85. The summed E-state index contributed by atoms with van der Waals surface area (Å²) in [6.07, 6.45) is 10.3. The van der Waals surface area contributed by atoms with E-state index in [2.05, 4.69) is 20.4 Å². The molecule has 5 rings (SSSR count). The Morgan fingerprint density at radius 2 is 2.22 bits per heavy atom. The minimum absolute atomic E-state index is 0.0651. The highest BCUT2D eigenvalue weighted by Gasteiger charge is 2.43. The molecule has 2 N–H and O–H groups in total. The maximum atomic E-state index is 13.4. The summed E-state index contributed by atoms with van der Waals surface area (Å²) in [5, 5.41) is 16.7. The van der Waals surface area contributed by atoms with E-state index < -0.39 is 11.8 Å². The van der Waals surface area contributed by atoms with E-state index in [0.717, 1.165) is 5.56 Å². The van der Waals surface area contributed by atoms with Gasteiger partial charge in [-0.25, -0.2) is 9.37 Å². The second kappa shape index (κ2) is 9.44. The quantitative estimate of drug-likeness (QED) is 0.491. The van der Waals surface area contributed by atoms with Crippen LogP contribution in [0.2, 0.25) is 0 Å². The number of allylic oxidation sites excluding steroid dienone is 5. The van der Waals surface area contributed by atoms with Crippen LogP contribution in [0.4, 0.5) is 4.39 Å². The molecule has 1 saturated carbocycles. The van der Waals surface area contributed by atoms with Crippen LogP contribution in [0.15, 0.2) is 59.1 Å². The first kappa shape index (κ1) is 24.1. The molecule has 0 aliphatic heterocycles. The number of nitrogens with one attached hydrogen (secondary N) is 1. The Bertz CT molecular complexity index is 1380. The zero-order valence-corrected chi connectivity index (χ0v) is 20.3. The Kier molecular flexibility index (Phi) is 6.31. The number of hydrogen-bond donors (Lipinski definition) is 2. The summed E-state index contributed by atoms with van der Waals surface area (Å²) in [4.78, 5) is 21.8. The predicted molar refractivity (Wildman–Crippen MR) is 130 cm³/mol. The third-order valence-corrected chi connectivity index (χ3v) is 5.85. The lowest BCUT2D eigenvalue weighted by atomic mass is 10.1. The number of nitrogens with zero attached hydrogens (tertiary/aromatic N) is 4. The highest BCUT2D eigenvalue weighted by atomic mass is 19.1. The Balaban J connectivity index is 1.31. The molecule has 0 bridgehead atoms. The van der Waals surface area contributed by atoms with Crippen LogP contribution in [0.25, 0.3) is 11.2 Å². The number of imidazole rings is 1. The summed E-state index contributed by atoms with van der Waals surface area (Å²) in [5.41, 5.74) is 2.20. The Morgan fingerprint density at radius 1 is 1.42 bits per heavy atom. The maximum absolute atomic E-state index is 13.4. The minimum atomic E-state index is -0.922. The number of ether oxygens (including phenoxy) is 1. The molecule has 9 nitrogen and oxygen atoms in total. The molecule has 0 spiro atoms. The van der Waals surface area contributed by atoms with Crippen molar-refractivity contribution in [3.8, 4) is 0 Å². The van der Waals surface area contributed by atoms with Crippen LogP contribution >= 0.6 is 0 Å². The number of halogens is 1. The highest BCUT2D eigenvalue weighted by molar-refractivity contribution is 5.95. The van der Waals surface area contributed by atoms with Crippen LogP contribution in [-0.4, -0.2) is 48.9 Å². The highest BCUT2D eigenvalue weighted by Crippen LogP contribution is 2.42. The molecule has 0 radical (unpaired) electrons. The molecule has 1 fully saturated rings. The molecule has 10 heteroatoms. The van der Waals surface area contributed by atoms with E-state index >= 15 is 0 Å². The van der Waals surface area contributed by atoms with Gasteiger partial charge in [-0.2, -0.15) is 4.98 Å². The number of hydrogen-bond acceptors (Lipinski definition) is 7. The number of alkyl halides is 1. The van der Waals surface area contributed by atoms with Gasteiger partial charge >= 0.3 is 0 Å². The van der Waals surface area contributed by atoms with Gasteiger partial charge in [0.15, 0.2) is 0 Å². The summed E-state index contributed by atoms with van der Waals surface area (Å²) in [7, 11) is 0. The van der Waals surface area contributed by atoms with Crippen molar-refractivity contribution < 1.29 is 23.6 Å². The number of carbonyl (C=O) groups is 1. The molecule has 2 aliphatic rings. The predicted octanol–water partition coefficient (Wildman–Crippen LogP) is 3.73. The average molecular weight is 494 g/mol. The van der Waals surface area contributed by atoms with E-state index in [4.69, 9.17) is 9.26 Å². The van der Waals surface area contributed by atoms with Crippen molar-refractivity contribution in [3.05, 3.63) is 77.5 Å². The van der Waals surface area contributed by atoms with Gasteiger partial charge in [-0.3, -0.25) is 9.20 Å². The van der Waals surface area contributed by atoms with Crippen LogP contribution in [0.5, 0.6) is 0 Å². The molecule has 0 saturated heterocycles. The van der Waals surface area contributed by atoms with Crippen molar-refractivity contribution in [2.24, 2.45) is 5.92 Å². The van der Waals surface area contributed by atoms with E-state index in [1.165, 1.54) is 6.20 Å². The second-order valence-corrected chi connectivity index (χ2v) is 9.92. The summed E-state index contributed by atoms with van der Waals surface area (Å²) in [5.74, 6) is 0.0825. The normalized spacial score (nSPS) is 21.8. The molecule has 3 aromatic rings. The zero-order valence-electron chi connectivity index (χ0n) is 20.3. The van der Waals surface area contributed by atoms with Crippen LogP contribution in [-0.2, 0) is 11.3 Å². The van der Waals surface area contributed by atoms with E-state index in [0.29, 0.717) is 47.4 Å². The molecule has 3 heterocycles. The second-order valence-electron chi connectivity index (χ2n) is 9.92. The van der Waals surface area contributed by atoms with Gasteiger partial charge in [-0.1, -0.05) is 24.2 Å². The fraction of sp³-hybridized carbons (Fsp3) is 0.385. The lowest BCUT2D eigenvalue weighted by Crippen LogP contribution is -2.25. The largest absolute Gasteiger partial charge is 0.388 e. The molecule has 0 aromatic carbocycles. The number of carbonyl (C=O) groups excluding carboxylic acids is 1. The SMILES string of the molecule is CC1C=CC(NC(=O)c2cnc3cc(COCC(C)(C)O)ccn23)=CC(c2noc(C3CC3F)n2)=C1. The summed E-state index contributed by atoms with van der Waals surface area (Å²) in [6.45, 7) is 5.90. The van der Waals surface area contributed by atoms with Gasteiger partial charge in [0.25, 0.3) is 5.91 Å². The Labute approximate surface area is 207 Å². The summed E-state index contributed by atoms with van der Waals surface area (Å²) in [6, 6.07) is 3.68. The summed E-state index contributed by atoms with van der Waals surface area (Å²) < 4.78 is 25.9. The molecule has 1 amide bonds. The first-order valence-corrected chi connectivity index (χ1v) is 11.8. The van der Waals surface area contributed by atoms with Gasteiger partial charge < -0.3 is 19.7 Å². The smallest absolute Gasteiger partial charge is 0.274 e. The number of aliphatic hydroxyl groups is 1. The van der Waals surface area contributed by atoms with E-state index in [9.17, 15) is 14.3 Å². The Morgan fingerprint density at radius 3 is 2.97 bits per heavy atom. The van der Waals surface area contributed by atoms with Crippen molar-refractivity contribution >= 4 is 17.1 Å². The topological polar surface area (TPSA) is 115 Å². The number of rotatable bonds is 8. The molecule has 3 unspecified atom stereocenters. The van der Waals surface area contributed by atoms with E-state index in [-0.39, 0.29) is 24.3 Å². The molecule has 2 aliphatic carbocycles. The van der Waals surface area contributed by atoms with Crippen molar-refractivity contribution in [2.45, 2.75) is 51.5 Å². The lowest BCUT2D eigenvalue weighted by Gasteiger charge is -2.16. The van der Waals surface area contributed by atoms with Gasteiger partial charge in [0.2, 0.25) is 11.7 Å². The Hall–Kier alpha value is -3.63. The minimum Gasteiger partial charge on any atom is -0.388 e. The van der Waals surface area contributed by atoms with Crippen molar-refractivity contribution in [1.29, 1.82) is 0 Å². The maximum Gasteiger partial charge on any atom is 0.274 e. The van der Waals surface area contributed by atoms with Crippen molar-refractivity contribution in [2.75, 3.05) is 6.61 Å². The fourth-order valence-electron chi connectivity index (χ4n) is 3.89. The summed E-state index contributed by atoms with van der Waals surface area (Å²) >= 11 is 0. The van der Waals surface area contributed by atoms with Gasteiger partial charge in [0, 0.05) is 17.5 Å². The van der Waals surface area contributed by atoms with Crippen LogP contribution in [0, 0.1) is 5.92 Å².